The number of ether oxygens (including phenoxy) is 1. The number of hydrogen-bond donors (Lipinski definition) is 0. The van der Waals surface area contributed by atoms with Crippen molar-refractivity contribution in [2.75, 3.05) is 39.1 Å². The summed E-state index contributed by atoms with van der Waals surface area (Å²) in [6.07, 6.45) is 0.881. The average Bonchev–Trinajstić information content (AvgIpc) is 3.19. The molecule has 0 bridgehead atoms. The summed E-state index contributed by atoms with van der Waals surface area (Å²) in [5.41, 5.74) is 3.41. The molecule has 1 atom stereocenters. The Morgan fingerprint density at radius 2 is 2.07 bits per heavy atom. The maximum atomic E-state index is 13.3. The molecule has 0 aliphatic carbocycles. The minimum atomic E-state index is -0.253. The zero-order valence-electron chi connectivity index (χ0n) is 17.1. The van der Waals surface area contributed by atoms with Gasteiger partial charge >= 0.3 is 0 Å². The second-order valence-corrected chi connectivity index (χ2v) is 8.60. The summed E-state index contributed by atoms with van der Waals surface area (Å²) in [4.78, 5) is 17.3. The van der Waals surface area contributed by atoms with Crippen LogP contribution in [0.3, 0.4) is 0 Å². The van der Waals surface area contributed by atoms with Gasteiger partial charge < -0.3 is 9.64 Å². The molecule has 0 N–H and O–H groups in total. The van der Waals surface area contributed by atoms with E-state index in [2.05, 4.69) is 36.1 Å². The van der Waals surface area contributed by atoms with Crippen LogP contribution < -0.4 is 0 Å². The molecule has 0 aromatic heterocycles. The maximum Gasteiger partial charge on any atom is 0.237 e. The van der Waals surface area contributed by atoms with Crippen molar-refractivity contribution in [3.8, 4) is 0 Å². The zero-order valence-corrected chi connectivity index (χ0v) is 18.0. The molecule has 1 saturated heterocycles. The van der Waals surface area contributed by atoms with Crippen LogP contribution in [-0.2, 0) is 16.1 Å². The number of nitrogens with zero attached hydrogens (tertiary/aromatic N) is 2. The van der Waals surface area contributed by atoms with Gasteiger partial charge in [0.15, 0.2) is 0 Å². The molecule has 0 unspecified atom stereocenters. The summed E-state index contributed by atoms with van der Waals surface area (Å²) in [6.45, 7) is 5.39. The lowest BCUT2D eigenvalue weighted by atomic mass is 10.1. The number of halogens is 1. The number of thioether (sulfide) groups is 1. The van der Waals surface area contributed by atoms with Crippen LogP contribution >= 0.6 is 11.8 Å². The molecule has 1 fully saturated rings. The van der Waals surface area contributed by atoms with Crippen molar-refractivity contribution in [1.29, 1.82) is 0 Å². The molecule has 6 heteroatoms. The molecular formula is C23H29FN2O2S. The van der Waals surface area contributed by atoms with Gasteiger partial charge in [0.1, 0.15) is 11.2 Å². The first-order valence-electron chi connectivity index (χ1n) is 10.00. The molecule has 0 radical (unpaired) electrons. The van der Waals surface area contributed by atoms with Crippen LogP contribution in [-0.4, -0.2) is 54.8 Å². The average molecular weight is 417 g/mol. The Labute approximate surface area is 177 Å². The number of hydrogen-bond acceptors (Lipinski definition) is 4. The van der Waals surface area contributed by atoms with Crippen molar-refractivity contribution in [2.45, 2.75) is 25.3 Å². The number of methoxy groups -OCH3 is 1. The number of carbonyl (C=O) groups excluding carboxylic acids is 1. The predicted molar refractivity (Wildman–Crippen MR) is 116 cm³/mol. The fraction of sp³-hybridized carbons (Fsp3) is 0.435. The Bertz CT molecular complexity index is 800. The Balaban J connectivity index is 1.68. The van der Waals surface area contributed by atoms with Crippen molar-refractivity contribution in [3.63, 3.8) is 0 Å². The maximum absolute atomic E-state index is 13.3. The Hall–Kier alpha value is -1.89. The van der Waals surface area contributed by atoms with Gasteiger partial charge in [0.2, 0.25) is 5.91 Å². The monoisotopic (exact) mass is 416 g/mol. The van der Waals surface area contributed by atoms with Crippen LogP contribution in [0.4, 0.5) is 4.39 Å². The highest BCUT2D eigenvalue weighted by Gasteiger charge is 2.31. The molecular weight excluding hydrogens is 387 g/mol. The van der Waals surface area contributed by atoms with Crippen LogP contribution in [0.25, 0.3) is 0 Å². The molecule has 1 aliphatic heterocycles. The van der Waals surface area contributed by atoms with Gasteiger partial charge in [0, 0.05) is 39.1 Å². The summed E-state index contributed by atoms with van der Waals surface area (Å²) in [7, 11) is 1.70. The van der Waals surface area contributed by atoms with E-state index in [-0.39, 0.29) is 17.1 Å². The van der Waals surface area contributed by atoms with Gasteiger partial charge in [-0.05, 0) is 36.6 Å². The first kappa shape index (κ1) is 21.8. The third kappa shape index (κ3) is 6.29. The summed E-state index contributed by atoms with van der Waals surface area (Å²) in [5, 5.41) is -0.0390. The van der Waals surface area contributed by atoms with Gasteiger partial charge in [-0.1, -0.05) is 42.0 Å². The summed E-state index contributed by atoms with van der Waals surface area (Å²) in [6, 6.07) is 14.9. The molecule has 0 spiro atoms. The smallest absolute Gasteiger partial charge is 0.237 e. The lowest BCUT2D eigenvalue weighted by molar-refractivity contribution is -0.132. The highest BCUT2D eigenvalue weighted by Crippen LogP contribution is 2.37. The van der Waals surface area contributed by atoms with E-state index in [0.29, 0.717) is 13.2 Å². The van der Waals surface area contributed by atoms with E-state index in [9.17, 15) is 9.18 Å². The second kappa shape index (κ2) is 10.8. The van der Waals surface area contributed by atoms with Gasteiger partial charge in [-0.2, -0.15) is 0 Å². The van der Waals surface area contributed by atoms with E-state index in [4.69, 9.17) is 4.74 Å². The molecule has 4 nitrogen and oxygen atoms in total. The van der Waals surface area contributed by atoms with Crippen LogP contribution in [0.5, 0.6) is 0 Å². The highest BCUT2D eigenvalue weighted by molar-refractivity contribution is 7.99. The summed E-state index contributed by atoms with van der Waals surface area (Å²) < 4.78 is 18.5. The number of amides is 1. The predicted octanol–water partition coefficient (Wildman–Crippen LogP) is 4.25. The molecule has 1 heterocycles. The van der Waals surface area contributed by atoms with Crippen molar-refractivity contribution in [2.24, 2.45) is 0 Å². The Kier molecular flexibility index (Phi) is 8.09. The van der Waals surface area contributed by atoms with Gasteiger partial charge in [0.05, 0.1) is 6.54 Å². The largest absolute Gasteiger partial charge is 0.385 e. The number of benzene rings is 2. The fourth-order valence-corrected chi connectivity index (χ4v) is 4.90. The van der Waals surface area contributed by atoms with E-state index in [0.717, 1.165) is 37.4 Å². The molecule has 2 aromatic carbocycles. The molecule has 156 valence electrons. The third-order valence-electron chi connectivity index (χ3n) is 5.04. The summed E-state index contributed by atoms with van der Waals surface area (Å²) >= 11 is 1.74. The fourth-order valence-electron chi connectivity index (χ4n) is 3.63. The minimum absolute atomic E-state index is 0.0390. The van der Waals surface area contributed by atoms with Crippen molar-refractivity contribution in [1.82, 2.24) is 9.80 Å². The van der Waals surface area contributed by atoms with Crippen molar-refractivity contribution < 1.29 is 13.9 Å². The van der Waals surface area contributed by atoms with Crippen LogP contribution in [0, 0.1) is 12.7 Å². The van der Waals surface area contributed by atoms with Gasteiger partial charge in [0.25, 0.3) is 0 Å². The van der Waals surface area contributed by atoms with Gasteiger partial charge in [-0.25, -0.2) is 4.39 Å². The normalized spacial score (nSPS) is 16.6. The van der Waals surface area contributed by atoms with Crippen LogP contribution in [0.15, 0.2) is 48.5 Å². The lowest BCUT2D eigenvalue weighted by Crippen LogP contribution is -2.40. The van der Waals surface area contributed by atoms with Crippen molar-refractivity contribution >= 4 is 17.7 Å². The van der Waals surface area contributed by atoms with E-state index < -0.39 is 0 Å². The second-order valence-electron chi connectivity index (χ2n) is 7.41. The van der Waals surface area contributed by atoms with Crippen LogP contribution in [0.1, 0.15) is 28.5 Å². The number of rotatable bonds is 9. The standard InChI is InChI=1S/C23H29FN2O2S/c1-18-5-3-6-19(15-18)16-25(11-4-13-28-2)17-22(27)26-12-14-29-23(26)20-7-9-21(24)10-8-20/h3,5-10,15,23H,4,11-14,16-17H2,1-2H3/t23-/m0/s1. The van der Waals surface area contributed by atoms with E-state index in [1.54, 1.807) is 31.0 Å². The minimum Gasteiger partial charge on any atom is -0.385 e. The van der Waals surface area contributed by atoms with Gasteiger partial charge in [-0.15, -0.1) is 11.8 Å². The first-order valence-corrected chi connectivity index (χ1v) is 11.0. The quantitative estimate of drug-likeness (QED) is 0.572. The molecule has 1 amide bonds. The Morgan fingerprint density at radius 1 is 1.28 bits per heavy atom. The molecule has 0 saturated carbocycles. The molecule has 2 aromatic rings. The number of carbonyl (C=O) groups is 1. The zero-order chi connectivity index (χ0) is 20.6. The van der Waals surface area contributed by atoms with Crippen LogP contribution in [0.2, 0.25) is 0 Å². The molecule has 1 aliphatic rings. The van der Waals surface area contributed by atoms with E-state index in [1.165, 1.54) is 23.3 Å². The van der Waals surface area contributed by atoms with Crippen molar-refractivity contribution in [3.05, 3.63) is 71.0 Å². The topological polar surface area (TPSA) is 32.8 Å². The van der Waals surface area contributed by atoms with E-state index in [1.807, 2.05) is 4.90 Å². The SMILES string of the molecule is COCCCN(CC(=O)N1CCS[C@H]1c1ccc(F)cc1)Cc1cccc(C)c1. The molecule has 29 heavy (non-hydrogen) atoms. The highest BCUT2D eigenvalue weighted by atomic mass is 32.2. The van der Waals surface area contributed by atoms with Gasteiger partial charge in [-0.3, -0.25) is 9.69 Å². The summed E-state index contributed by atoms with van der Waals surface area (Å²) in [5.74, 6) is 0.765. The Morgan fingerprint density at radius 3 is 2.79 bits per heavy atom. The molecule has 3 rings (SSSR count). The lowest BCUT2D eigenvalue weighted by Gasteiger charge is -2.28. The van der Waals surface area contributed by atoms with E-state index >= 15 is 0 Å². The number of aryl methyl sites for hydroxylation is 1. The third-order valence-corrected chi connectivity index (χ3v) is 6.30. The first-order chi connectivity index (χ1) is 14.1.